The number of carbonyl (C=O) groups excluding carboxylic acids is 1. The highest BCUT2D eigenvalue weighted by molar-refractivity contribution is 14.0. The van der Waals surface area contributed by atoms with Crippen molar-refractivity contribution in [3.63, 3.8) is 0 Å². The maximum atomic E-state index is 11.8. The van der Waals surface area contributed by atoms with Gasteiger partial charge in [-0.15, -0.1) is 35.3 Å². The van der Waals surface area contributed by atoms with Gasteiger partial charge in [-0.25, -0.2) is 0 Å². The lowest BCUT2D eigenvalue weighted by atomic mass is 10.1. The second-order valence-electron chi connectivity index (χ2n) is 5.62. The van der Waals surface area contributed by atoms with Gasteiger partial charge in [0.2, 0.25) is 0 Å². The van der Waals surface area contributed by atoms with Gasteiger partial charge in [0.25, 0.3) is 5.91 Å². The first-order chi connectivity index (χ1) is 11.2. The summed E-state index contributed by atoms with van der Waals surface area (Å²) in [7, 11) is 3.56. The normalized spacial score (nSPS) is 17.5. The van der Waals surface area contributed by atoms with E-state index in [0.29, 0.717) is 12.5 Å². The number of nitrogens with one attached hydrogen (secondary N) is 2. The minimum atomic E-state index is 0. The Morgan fingerprint density at radius 2 is 2.25 bits per heavy atom. The third-order valence-electron chi connectivity index (χ3n) is 3.87. The topological polar surface area (TPSA) is 66.0 Å². The Balaban J connectivity index is 0.00000288. The number of rotatable bonds is 7. The van der Waals surface area contributed by atoms with E-state index in [0.717, 1.165) is 49.9 Å². The standard InChI is InChI=1S/C16H26N4O2S.HI/c1-17-16(20-9-6-13(11-20)12-22-2)19-8-4-7-18-15(21)14-5-3-10-23-14;/h3,5,10,13H,4,6-9,11-12H2,1-2H3,(H,17,19)(H,18,21);1H. The molecule has 1 aromatic rings. The molecule has 0 radical (unpaired) electrons. The molecule has 1 aromatic heterocycles. The molecule has 1 atom stereocenters. The molecule has 8 heteroatoms. The summed E-state index contributed by atoms with van der Waals surface area (Å²) in [5.74, 6) is 1.53. The average molecular weight is 466 g/mol. The van der Waals surface area contributed by atoms with Crippen LogP contribution in [0.1, 0.15) is 22.5 Å². The van der Waals surface area contributed by atoms with Crippen molar-refractivity contribution in [1.29, 1.82) is 0 Å². The number of hydrogen-bond donors (Lipinski definition) is 2. The molecule has 1 aliphatic heterocycles. The predicted octanol–water partition coefficient (Wildman–Crippen LogP) is 2.03. The number of likely N-dealkylation sites (tertiary alicyclic amines) is 1. The van der Waals surface area contributed by atoms with Crippen LogP contribution in [-0.4, -0.2) is 63.7 Å². The van der Waals surface area contributed by atoms with Crippen molar-refractivity contribution >= 4 is 47.2 Å². The lowest BCUT2D eigenvalue weighted by molar-refractivity contribution is 0.0957. The third kappa shape index (κ3) is 6.56. The molecule has 1 saturated heterocycles. The van der Waals surface area contributed by atoms with E-state index in [1.165, 1.54) is 11.3 Å². The minimum absolute atomic E-state index is 0. The first-order valence-electron chi connectivity index (χ1n) is 8.00. The highest BCUT2D eigenvalue weighted by atomic mass is 127. The maximum Gasteiger partial charge on any atom is 0.261 e. The summed E-state index contributed by atoms with van der Waals surface area (Å²) >= 11 is 1.46. The van der Waals surface area contributed by atoms with Gasteiger partial charge >= 0.3 is 0 Å². The predicted molar refractivity (Wildman–Crippen MR) is 110 cm³/mol. The van der Waals surface area contributed by atoms with Crippen LogP contribution in [0, 0.1) is 5.92 Å². The van der Waals surface area contributed by atoms with Gasteiger partial charge in [-0.2, -0.15) is 0 Å². The van der Waals surface area contributed by atoms with Gasteiger partial charge in [-0.05, 0) is 24.3 Å². The van der Waals surface area contributed by atoms with Crippen molar-refractivity contribution in [2.24, 2.45) is 10.9 Å². The number of halogens is 1. The molecule has 1 unspecified atom stereocenters. The van der Waals surface area contributed by atoms with E-state index in [4.69, 9.17) is 4.74 Å². The lowest BCUT2D eigenvalue weighted by Crippen LogP contribution is -2.41. The zero-order valence-corrected chi connectivity index (χ0v) is 17.4. The summed E-state index contributed by atoms with van der Waals surface area (Å²) in [6.45, 7) is 4.27. The van der Waals surface area contributed by atoms with Gasteiger partial charge in [0, 0.05) is 46.3 Å². The summed E-state index contributed by atoms with van der Waals surface area (Å²) in [5.41, 5.74) is 0. The first kappa shape index (κ1) is 21.2. The largest absolute Gasteiger partial charge is 0.384 e. The number of ether oxygens (including phenoxy) is 1. The van der Waals surface area contributed by atoms with Crippen LogP contribution in [0.15, 0.2) is 22.5 Å². The molecule has 1 aliphatic rings. The summed E-state index contributed by atoms with van der Waals surface area (Å²) < 4.78 is 5.23. The van der Waals surface area contributed by atoms with Gasteiger partial charge in [0.1, 0.15) is 0 Å². The van der Waals surface area contributed by atoms with E-state index in [1.807, 2.05) is 24.6 Å². The van der Waals surface area contributed by atoms with E-state index in [9.17, 15) is 4.79 Å². The van der Waals surface area contributed by atoms with Gasteiger partial charge in [0.15, 0.2) is 5.96 Å². The quantitative estimate of drug-likeness (QED) is 0.280. The number of guanidine groups is 1. The molecule has 6 nitrogen and oxygen atoms in total. The first-order valence-corrected chi connectivity index (χ1v) is 8.88. The molecule has 0 bridgehead atoms. The Labute approximate surface area is 165 Å². The fourth-order valence-corrected chi connectivity index (χ4v) is 3.35. The Morgan fingerprint density at radius 3 is 2.92 bits per heavy atom. The zero-order valence-electron chi connectivity index (χ0n) is 14.3. The summed E-state index contributed by atoms with van der Waals surface area (Å²) in [6, 6.07) is 3.72. The number of amides is 1. The zero-order chi connectivity index (χ0) is 16.5. The van der Waals surface area contributed by atoms with Crippen LogP contribution in [0.2, 0.25) is 0 Å². The fourth-order valence-electron chi connectivity index (χ4n) is 2.71. The Morgan fingerprint density at radius 1 is 1.46 bits per heavy atom. The van der Waals surface area contributed by atoms with E-state index < -0.39 is 0 Å². The Hall–Kier alpha value is -0.870. The summed E-state index contributed by atoms with van der Waals surface area (Å²) in [4.78, 5) is 19.2. The Kier molecular flexibility index (Phi) is 10.3. The van der Waals surface area contributed by atoms with Crippen molar-refractivity contribution in [1.82, 2.24) is 15.5 Å². The smallest absolute Gasteiger partial charge is 0.261 e. The highest BCUT2D eigenvalue weighted by Crippen LogP contribution is 2.16. The van der Waals surface area contributed by atoms with Crippen LogP contribution >= 0.6 is 35.3 Å². The van der Waals surface area contributed by atoms with Crippen molar-refractivity contribution in [2.75, 3.05) is 46.9 Å². The number of carbonyl (C=O) groups is 1. The monoisotopic (exact) mass is 466 g/mol. The minimum Gasteiger partial charge on any atom is -0.384 e. The molecule has 24 heavy (non-hydrogen) atoms. The molecule has 2 rings (SSSR count). The van der Waals surface area contributed by atoms with E-state index in [-0.39, 0.29) is 29.9 Å². The highest BCUT2D eigenvalue weighted by Gasteiger charge is 2.24. The number of thiophene rings is 1. The molecule has 2 heterocycles. The second-order valence-corrected chi connectivity index (χ2v) is 6.56. The van der Waals surface area contributed by atoms with Crippen LogP contribution < -0.4 is 10.6 Å². The fraction of sp³-hybridized carbons (Fsp3) is 0.625. The van der Waals surface area contributed by atoms with Gasteiger partial charge < -0.3 is 20.3 Å². The SMILES string of the molecule is CN=C(NCCCNC(=O)c1cccs1)N1CCC(COC)C1.I. The lowest BCUT2D eigenvalue weighted by Gasteiger charge is -2.21. The van der Waals surface area contributed by atoms with E-state index in [2.05, 4.69) is 20.5 Å². The molecule has 0 aliphatic carbocycles. The number of aliphatic imine (C=N–C) groups is 1. The maximum absolute atomic E-state index is 11.8. The summed E-state index contributed by atoms with van der Waals surface area (Å²) in [6.07, 6.45) is 2.01. The van der Waals surface area contributed by atoms with Crippen LogP contribution in [0.4, 0.5) is 0 Å². The molecule has 1 amide bonds. The van der Waals surface area contributed by atoms with Crippen LogP contribution in [-0.2, 0) is 4.74 Å². The van der Waals surface area contributed by atoms with Gasteiger partial charge in [0.05, 0.1) is 11.5 Å². The van der Waals surface area contributed by atoms with E-state index in [1.54, 1.807) is 7.11 Å². The third-order valence-corrected chi connectivity index (χ3v) is 4.74. The molecule has 0 spiro atoms. The molecule has 0 saturated carbocycles. The molecule has 136 valence electrons. The van der Waals surface area contributed by atoms with Gasteiger partial charge in [-0.3, -0.25) is 9.79 Å². The molecule has 2 N–H and O–H groups in total. The van der Waals surface area contributed by atoms with Crippen LogP contribution in [0.3, 0.4) is 0 Å². The van der Waals surface area contributed by atoms with Crippen molar-refractivity contribution < 1.29 is 9.53 Å². The van der Waals surface area contributed by atoms with Crippen molar-refractivity contribution in [3.05, 3.63) is 22.4 Å². The second kappa shape index (κ2) is 11.6. The van der Waals surface area contributed by atoms with Crippen molar-refractivity contribution in [2.45, 2.75) is 12.8 Å². The number of methoxy groups -OCH3 is 1. The Bertz CT molecular complexity index is 510. The van der Waals surface area contributed by atoms with Gasteiger partial charge in [-0.1, -0.05) is 6.07 Å². The number of nitrogens with zero attached hydrogens (tertiary/aromatic N) is 2. The van der Waals surface area contributed by atoms with Crippen molar-refractivity contribution in [3.8, 4) is 0 Å². The molecular weight excluding hydrogens is 439 g/mol. The summed E-state index contributed by atoms with van der Waals surface area (Å²) in [5, 5.41) is 8.21. The molecule has 0 aromatic carbocycles. The van der Waals surface area contributed by atoms with Crippen LogP contribution in [0.5, 0.6) is 0 Å². The molecule has 1 fully saturated rings. The van der Waals surface area contributed by atoms with E-state index >= 15 is 0 Å². The molecular formula is C16H27IN4O2S. The average Bonchev–Trinajstić information content (AvgIpc) is 3.23. The van der Waals surface area contributed by atoms with Crippen LogP contribution in [0.25, 0.3) is 0 Å². The number of hydrogen-bond acceptors (Lipinski definition) is 4.